The van der Waals surface area contributed by atoms with E-state index in [1.807, 2.05) is 0 Å². The summed E-state index contributed by atoms with van der Waals surface area (Å²) in [5.41, 5.74) is 1.09. The Bertz CT molecular complexity index is 1080. The van der Waals surface area contributed by atoms with E-state index in [0.717, 1.165) is 0 Å². The highest BCUT2D eigenvalue weighted by atomic mass is 16.6. The summed E-state index contributed by atoms with van der Waals surface area (Å²) in [6, 6.07) is 12.7. The zero-order chi connectivity index (χ0) is 15.3. The number of benzene rings is 3. The zero-order valence-electron chi connectivity index (χ0n) is 11.1. The Morgan fingerprint density at radius 2 is 1.82 bits per heavy atom. The highest BCUT2D eigenvalue weighted by Gasteiger charge is 2.16. The fourth-order valence-electron chi connectivity index (χ4n) is 2.53. The summed E-state index contributed by atoms with van der Waals surface area (Å²) >= 11 is 0. The molecule has 6 nitrogen and oxygen atoms in total. The van der Waals surface area contributed by atoms with E-state index in [4.69, 9.17) is 4.42 Å². The molecule has 22 heavy (non-hydrogen) atoms. The molecule has 0 fully saturated rings. The molecular weight excluding hydrogens is 284 g/mol. The van der Waals surface area contributed by atoms with Gasteiger partial charge in [0.1, 0.15) is 11.2 Å². The van der Waals surface area contributed by atoms with E-state index in [1.54, 1.807) is 24.3 Å². The van der Waals surface area contributed by atoms with Gasteiger partial charge in [-0.3, -0.25) is 14.9 Å². The SMILES string of the molecule is O=c1cc2oc3ccc([N+](=O)[O-])cc3nc-2c2ccccc12. The first-order valence-corrected chi connectivity index (χ1v) is 6.54. The number of nitro benzene ring substituents is 1. The van der Waals surface area contributed by atoms with Crippen LogP contribution in [0.1, 0.15) is 0 Å². The number of hydrogen-bond acceptors (Lipinski definition) is 5. The zero-order valence-corrected chi connectivity index (χ0v) is 11.1. The quantitative estimate of drug-likeness (QED) is 0.232. The average molecular weight is 292 g/mol. The first-order valence-electron chi connectivity index (χ1n) is 6.54. The predicted molar refractivity (Wildman–Crippen MR) is 81.1 cm³/mol. The molecule has 0 N–H and O–H groups in total. The van der Waals surface area contributed by atoms with Gasteiger partial charge in [0, 0.05) is 29.0 Å². The molecule has 2 aromatic carbocycles. The second-order valence-electron chi connectivity index (χ2n) is 4.89. The lowest BCUT2D eigenvalue weighted by Crippen LogP contribution is -2.03. The highest BCUT2D eigenvalue weighted by molar-refractivity contribution is 5.96. The topological polar surface area (TPSA) is 86.2 Å². The summed E-state index contributed by atoms with van der Waals surface area (Å²) < 4.78 is 5.68. The number of fused-ring (bicyclic) bond motifs is 4. The van der Waals surface area contributed by atoms with E-state index < -0.39 is 4.92 Å². The molecule has 0 saturated carbocycles. The van der Waals surface area contributed by atoms with Gasteiger partial charge in [-0.25, -0.2) is 4.98 Å². The fourth-order valence-corrected chi connectivity index (χ4v) is 2.53. The van der Waals surface area contributed by atoms with Crippen LogP contribution in [0.15, 0.2) is 57.7 Å². The molecular formula is C16H8N2O4. The van der Waals surface area contributed by atoms with Crippen LogP contribution in [0.4, 0.5) is 5.69 Å². The van der Waals surface area contributed by atoms with Crippen LogP contribution >= 0.6 is 0 Å². The Hall–Kier alpha value is -3.28. The third-order valence-corrected chi connectivity index (χ3v) is 3.55. The smallest absolute Gasteiger partial charge is 0.271 e. The molecule has 0 atom stereocenters. The molecule has 0 aromatic heterocycles. The minimum absolute atomic E-state index is 0.0562. The number of non-ortho nitro benzene ring substituents is 1. The summed E-state index contributed by atoms with van der Waals surface area (Å²) in [6.07, 6.45) is 0. The average Bonchev–Trinajstić information content (AvgIpc) is 2.53. The van der Waals surface area contributed by atoms with Crippen LogP contribution in [0, 0.1) is 10.1 Å². The standard InChI is InChI=1S/C16H8N2O4/c19-13-8-15-16(11-4-2-1-3-10(11)13)17-12-7-9(18(20)21)5-6-14(12)22-15/h1-8H. The number of hydrogen-bond donors (Lipinski definition) is 0. The normalized spacial score (nSPS) is 11.3. The summed E-state index contributed by atoms with van der Waals surface area (Å²) in [5, 5.41) is 12.1. The molecule has 0 saturated heterocycles. The van der Waals surface area contributed by atoms with Crippen molar-refractivity contribution in [3.63, 3.8) is 0 Å². The maximum atomic E-state index is 12.1. The summed E-state index contributed by atoms with van der Waals surface area (Å²) in [5.74, 6) is 0.366. The van der Waals surface area contributed by atoms with Gasteiger partial charge in [0.2, 0.25) is 0 Å². The van der Waals surface area contributed by atoms with E-state index in [0.29, 0.717) is 33.3 Å². The van der Waals surface area contributed by atoms with Gasteiger partial charge in [-0.1, -0.05) is 24.3 Å². The van der Waals surface area contributed by atoms with Crippen LogP contribution in [0.2, 0.25) is 0 Å². The van der Waals surface area contributed by atoms with Gasteiger partial charge in [-0.15, -0.1) is 0 Å². The van der Waals surface area contributed by atoms with E-state index in [2.05, 4.69) is 4.98 Å². The number of rotatable bonds is 1. The van der Waals surface area contributed by atoms with Crippen molar-refractivity contribution >= 4 is 27.6 Å². The lowest BCUT2D eigenvalue weighted by atomic mass is 10.0. The van der Waals surface area contributed by atoms with Crippen LogP contribution in [0.25, 0.3) is 33.3 Å². The molecule has 1 aliphatic heterocycles. The molecule has 2 aliphatic rings. The third kappa shape index (κ3) is 1.74. The minimum Gasteiger partial charge on any atom is -0.453 e. The highest BCUT2D eigenvalue weighted by Crippen LogP contribution is 2.31. The Morgan fingerprint density at radius 3 is 2.59 bits per heavy atom. The number of aromatic nitrogens is 1. The molecule has 0 radical (unpaired) electrons. The molecule has 6 heteroatoms. The molecule has 4 rings (SSSR count). The van der Waals surface area contributed by atoms with Gasteiger partial charge in [-0.2, -0.15) is 0 Å². The van der Waals surface area contributed by atoms with Crippen molar-refractivity contribution in [2.45, 2.75) is 0 Å². The van der Waals surface area contributed by atoms with Gasteiger partial charge in [-0.05, 0) is 6.07 Å². The number of nitro groups is 1. The second-order valence-corrected chi connectivity index (χ2v) is 4.89. The second kappa shape index (κ2) is 4.36. The van der Waals surface area contributed by atoms with E-state index in [1.165, 1.54) is 24.3 Å². The first kappa shape index (κ1) is 12.5. The maximum absolute atomic E-state index is 12.1. The third-order valence-electron chi connectivity index (χ3n) is 3.55. The summed E-state index contributed by atoms with van der Waals surface area (Å²) in [4.78, 5) is 26.9. The van der Waals surface area contributed by atoms with Gasteiger partial charge in [0.15, 0.2) is 16.8 Å². The molecule has 0 spiro atoms. The van der Waals surface area contributed by atoms with Crippen LogP contribution in [-0.2, 0) is 0 Å². The Labute approximate surface area is 123 Å². The van der Waals surface area contributed by atoms with Crippen LogP contribution in [-0.4, -0.2) is 9.91 Å². The maximum Gasteiger partial charge on any atom is 0.271 e. The van der Waals surface area contributed by atoms with Gasteiger partial charge >= 0.3 is 0 Å². The fraction of sp³-hybridized carbons (Fsp3) is 0. The van der Waals surface area contributed by atoms with Crippen molar-refractivity contribution in [3.8, 4) is 11.5 Å². The van der Waals surface area contributed by atoms with Crippen molar-refractivity contribution in [1.82, 2.24) is 4.98 Å². The monoisotopic (exact) mass is 292 g/mol. The first-order chi connectivity index (χ1) is 10.6. The van der Waals surface area contributed by atoms with Gasteiger partial charge < -0.3 is 4.42 Å². The Morgan fingerprint density at radius 1 is 1.05 bits per heavy atom. The molecule has 1 heterocycles. The molecule has 0 unspecified atom stereocenters. The van der Waals surface area contributed by atoms with Crippen LogP contribution in [0.3, 0.4) is 0 Å². The van der Waals surface area contributed by atoms with Crippen molar-refractivity contribution in [3.05, 3.63) is 68.9 Å². The van der Waals surface area contributed by atoms with Crippen molar-refractivity contribution in [2.75, 3.05) is 0 Å². The van der Waals surface area contributed by atoms with E-state index >= 15 is 0 Å². The molecule has 0 bridgehead atoms. The van der Waals surface area contributed by atoms with Gasteiger partial charge in [0.05, 0.1) is 4.92 Å². The predicted octanol–water partition coefficient (Wildman–Crippen LogP) is 3.35. The van der Waals surface area contributed by atoms with Gasteiger partial charge in [0.25, 0.3) is 5.69 Å². The molecule has 2 aromatic rings. The molecule has 106 valence electrons. The molecule has 0 amide bonds. The lowest BCUT2D eigenvalue weighted by Gasteiger charge is -2.08. The summed E-state index contributed by atoms with van der Waals surface area (Å²) in [6.45, 7) is 0. The van der Waals surface area contributed by atoms with Crippen molar-refractivity contribution in [1.29, 1.82) is 0 Å². The largest absolute Gasteiger partial charge is 0.453 e. The Balaban J connectivity index is 2.17. The van der Waals surface area contributed by atoms with E-state index in [-0.39, 0.29) is 11.1 Å². The summed E-state index contributed by atoms with van der Waals surface area (Å²) in [7, 11) is 0. The van der Waals surface area contributed by atoms with Crippen molar-refractivity contribution < 1.29 is 9.34 Å². The van der Waals surface area contributed by atoms with Crippen LogP contribution in [0.5, 0.6) is 0 Å². The lowest BCUT2D eigenvalue weighted by molar-refractivity contribution is -0.384. The van der Waals surface area contributed by atoms with E-state index in [9.17, 15) is 14.9 Å². The van der Waals surface area contributed by atoms with Crippen molar-refractivity contribution in [2.24, 2.45) is 0 Å². The number of nitrogens with zero attached hydrogens (tertiary/aromatic N) is 2. The minimum atomic E-state index is -0.482. The van der Waals surface area contributed by atoms with Crippen LogP contribution < -0.4 is 5.43 Å². The Kier molecular flexibility index (Phi) is 2.47. The molecule has 1 aliphatic carbocycles.